The number of halogens is 1. The fourth-order valence-corrected chi connectivity index (χ4v) is 4.05. The number of rotatable bonds is 9. The predicted octanol–water partition coefficient (Wildman–Crippen LogP) is 4.27. The molecule has 1 fully saturated rings. The number of carbonyl (C=O) groups excluding carboxylic acids is 1. The minimum atomic E-state index is -3.54. The number of aromatic nitrogens is 1. The van der Waals surface area contributed by atoms with Gasteiger partial charge in [-0.25, -0.2) is 23.3 Å². The van der Waals surface area contributed by atoms with Crippen LogP contribution in [0.1, 0.15) is 34.7 Å². The normalized spacial score (nSPS) is 13.3. The Kier molecular flexibility index (Phi) is 6.90. The summed E-state index contributed by atoms with van der Waals surface area (Å²) in [5.41, 5.74) is 5.42. The second-order valence-electron chi connectivity index (χ2n) is 8.29. The molecule has 0 aliphatic heterocycles. The highest BCUT2D eigenvalue weighted by atomic mass is 32.2. The Morgan fingerprint density at radius 1 is 1.09 bits per heavy atom. The van der Waals surface area contributed by atoms with Crippen LogP contribution in [0.5, 0.6) is 0 Å². The van der Waals surface area contributed by atoms with E-state index in [0.717, 1.165) is 24.7 Å². The molecule has 0 atom stereocenters. The lowest BCUT2D eigenvalue weighted by Crippen LogP contribution is -2.26. The van der Waals surface area contributed by atoms with Gasteiger partial charge in [0.25, 0.3) is 5.91 Å². The largest absolute Gasteiger partial charge is 0.353 e. The molecule has 1 saturated carbocycles. The van der Waals surface area contributed by atoms with Gasteiger partial charge in [0.15, 0.2) is 0 Å². The Hall–Kier alpha value is -3.70. The van der Waals surface area contributed by atoms with Crippen molar-refractivity contribution in [1.29, 1.82) is 0 Å². The van der Waals surface area contributed by atoms with Crippen LogP contribution in [-0.2, 0) is 14.9 Å². The standard InChI is InChI=1S/C24H26FN5O4S/c1-30(35(3,32)33)22-12-16(15-4-5-15)6-11-20(22)28-21-13-23(26-14-19(21)24(31)29-34-2)27-18-9-7-17(25)8-10-18/h6-15H,4-5H2,1-3H3,(H,29,31)(H2,26,27,28). The molecule has 4 rings (SSSR count). The maximum Gasteiger partial charge on any atom is 0.278 e. The average Bonchev–Trinajstić information content (AvgIpc) is 3.66. The predicted molar refractivity (Wildman–Crippen MR) is 133 cm³/mol. The summed E-state index contributed by atoms with van der Waals surface area (Å²) < 4.78 is 39.2. The van der Waals surface area contributed by atoms with E-state index in [4.69, 9.17) is 4.84 Å². The van der Waals surface area contributed by atoms with Crippen molar-refractivity contribution in [3.8, 4) is 0 Å². The minimum Gasteiger partial charge on any atom is -0.353 e. The van der Waals surface area contributed by atoms with Gasteiger partial charge < -0.3 is 10.6 Å². The van der Waals surface area contributed by atoms with Crippen molar-refractivity contribution in [2.45, 2.75) is 18.8 Å². The van der Waals surface area contributed by atoms with Crippen molar-refractivity contribution < 1.29 is 22.4 Å². The summed E-state index contributed by atoms with van der Waals surface area (Å²) in [4.78, 5) is 21.6. The first kappa shape index (κ1) is 24.4. The molecule has 0 radical (unpaired) electrons. The molecule has 3 N–H and O–H groups in total. The van der Waals surface area contributed by atoms with Crippen LogP contribution < -0.4 is 20.4 Å². The number of sulfonamides is 1. The van der Waals surface area contributed by atoms with Crippen LogP contribution in [0.15, 0.2) is 54.7 Å². The molecule has 9 nitrogen and oxygen atoms in total. The highest BCUT2D eigenvalue weighted by Gasteiger charge is 2.26. The maximum absolute atomic E-state index is 13.3. The molecule has 1 heterocycles. The van der Waals surface area contributed by atoms with Gasteiger partial charge in [-0.2, -0.15) is 0 Å². The van der Waals surface area contributed by atoms with Crippen molar-refractivity contribution >= 4 is 44.5 Å². The number of pyridine rings is 1. The molecule has 1 aliphatic carbocycles. The molecule has 35 heavy (non-hydrogen) atoms. The summed E-state index contributed by atoms with van der Waals surface area (Å²) in [6, 6.07) is 13.0. The summed E-state index contributed by atoms with van der Waals surface area (Å²) in [5, 5.41) is 6.26. The third kappa shape index (κ3) is 5.87. The Balaban J connectivity index is 1.74. The third-order valence-electron chi connectivity index (χ3n) is 5.64. The monoisotopic (exact) mass is 499 g/mol. The van der Waals surface area contributed by atoms with Crippen molar-refractivity contribution in [2.24, 2.45) is 0 Å². The van der Waals surface area contributed by atoms with E-state index >= 15 is 0 Å². The van der Waals surface area contributed by atoms with E-state index in [9.17, 15) is 17.6 Å². The number of anilines is 5. The number of amides is 1. The zero-order chi connectivity index (χ0) is 25.2. The molecule has 1 amide bonds. The van der Waals surface area contributed by atoms with Gasteiger partial charge in [-0.15, -0.1) is 0 Å². The van der Waals surface area contributed by atoms with Gasteiger partial charge >= 0.3 is 0 Å². The fourth-order valence-electron chi connectivity index (χ4n) is 3.55. The smallest absolute Gasteiger partial charge is 0.278 e. The highest BCUT2D eigenvalue weighted by Crippen LogP contribution is 2.43. The van der Waals surface area contributed by atoms with Crippen LogP contribution >= 0.6 is 0 Å². The molecule has 0 unspecified atom stereocenters. The summed E-state index contributed by atoms with van der Waals surface area (Å²) >= 11 is 0. The lowest BCUT2D eigenvalue weighted by Gasteiger charge is -2.23. The van der Waals surface area contributed by atoms with Gasteiger partial charge in [-0.05, 0) is 60.7 Å². The van der Waals surface area contributed by atoms with E-state index in [2.05, 4.69) is 21.1 Å². The fraction of sp³-hybridized carbons (Fsp3) is 0.250. The van der Waals surface area contributed by atoms with Gasteiger partial charge in [0, 0.05) is 25.0 Å². The third-order valence-corrected chi connectivity index (χ3v) is 6.83. The number of nitrogens with one attached hydrogen (secondary N) is 3. The SMILES string of the molecule is CONC(=O)c1cnc(Nc2ccc(F)cc2)cc1Nc1ccc(C2CC2)cc1N(C)S(C)(=O)=O. The molecule has 1 aromatic heterocycles. The van der Waals surface area contributed by atoms with E-state index in [1.807, 2.05) is 12.1 Å². The second-order valence-corrected chi connectivity index (χ2v) is 10.3. The Labute approximate surface area is 203 Å². The molecule has 0 bridgehead atoms. The molecule has 184 valence electrons. The van der Waals surface area contributed by atoms with E-state index in [1.54, 1.807) is 24.3 Å². The van der Waals surface area contributed by atoms with Crippen molar-refractivity contribution in [2.75, 3.05) is 35.4 Å². The Bertz CT molecular complexity index is 1340. The molecule has 11 heteroatoms. The Morgan fingerprint density at radius 2 is 1.80 bits per heavy atom. The molecule has 0 saturated heterocycles. The molecule has 3 aromatic rings. The van der Waals surface area contributed by atoms with Crippen LogP contribution in [-0.4, -0.2) is 39.7 Å². The number of nitrogens with zero attached hydrogens (tertiary/aromatic N) is 2. The first-order valence-corrected chi connectivity index (χ1v) is 12.7. The lowest BCUT2D eigenvalue weighted by atomic mass is 10.1. The van der Waals surface area contributed by atoms with Crippen LogP contribution in [0.3, 0.4) is 0 Å². The number of hydrogen-bond acceptors (Lipinski definition) is 7. The first-order chi connectivity index (χ1) is 16.7. The van der Waals surface area contributed by atoms with Gasteiger partial charge in [0.05, 0.1) is 36.0 Å². The maximum atomic E-state index is 13.3. The molecular formula is C24H26FN5O4S. The van der Waals surface area contributed by atoms with Crippen molar-refractivity contribution in [1.82, 2.24) is 10.5 Å². The lowest BCUT2D eigenvalue weighted by molar-refractivity contribution is 0.0538. The molecule has 0 spiro atoms. The van der Waals surface area contributed by atoms with Crippen LogP contribution in [0.4, 0.5) is 33.0 Å². The van der Waals surface area contributed by atoms with Gasteiger partial charge in [-0.3, -0.25) is 13.9 Å². The number of hydroxylamine groups is 1. The second kappa shape index (κ2) is 9.88. The summed E-state index contributed by atoms with van der Waals surface area (Å²) in [5.74, 6) is -0.0926. The molecular weight excluding hydrogens is 473 g/mol. The minimum absolute atomic E-state index is 0.177. The number of hydrogen-bond donors (Lipinski definition) is 3. The molecule has 1 aliphatic rings. The number of benzene rings is 2. The van der Waals surface area contributed by atoms with Crippen molar-refractivity contribution in [3.05, 3.63) is 71.7 Å². The Morgan fingerprint density at radius 3 is 2.43 bits per heavy atom. The summed E-state index contributed by atoms with van der Waals surface area (Å²) in [6.45, 7) is 0. The van der Waals surface area contributed by atoms with E-state index in [-0.39, 0.29) is 11.4 Å². The van der Waals surface area contributed by atoms with Gasteiger partial charge in [-0.1, -0.05) is 6.07 Å². The zero-order valence-electron chi connectivity index (χ0n) is 19.5. The summed E-state index contributed by atoms with van der Waals surface area (Å²) in [6.07, 6.45) is 4.63. The van der Waals surface area contributed by atoms with Crippen LogP contribution in [0, 0.1) is 5.82 Å². The van der Waals surface area contributed by atoms with E-state index in [0.29, 0.717) is 34.5 Å². The average molecular weight is 500 g/mol. The first-order valence-electron chi connectivity index (χ1n) is 10.9. The molecule has 2 aromatic carbocycles. The summed E-state index contributed by atoms with van der Waals surface area (Å²) in [7, 11) is -0.738. The van der Waals surface area contributed by atoms with E-state index < -0.39 is 15.9 Å². The quantitative estimate of drug-likeness (QED) is 0.377. The van der Waals surface area contributed by atoms with Gasteiger partial charge in [0.1, 0.15) is 11.6 Å². The topological polar surface area (TPSA) is 113 Å². The zero-order valence-corrected chi connectivity index (χ0v) is 20.3. The van der Waals surface area contributed by atoms with Gasteiger partial charge in [0.2, 0.25) is 10.0 Å². The van der Waals surface area contributed by atoms with Crippen LogP contribution in [0.25, 0.3) is 0 Å². The number of carbonyl (C=O) groups is 1. The van der Waals surface area contributed by atoms with Crippen molar-refractivity contribution in [3.63, 3.8) is 0 Å². The van der Waals surface area contributed by atoms with E-state index in [1.165, 1.54) is 36.8 Å². The highest BCUT2D eigenvalue weighted by molar-refractivity contribution is 7.92. The van der Waals surface area contributed by atoms with Crippen LogP contribution in [0.2, 0.25) is 0 Å².